The fraction of sp³-hybridized carbons (Fsp3) is 0.211. The molecule has 0 aliphatic carbocycles. The number of aryl methyl sites for hydroxylation is 2. The molecule has 0 amide bonds. The zero-order chi connectivity index (χ0) is 18.3. The Balaban J connectivity index is 1.74. The van der Waals surface area contributed by atoms with Crippen molar-refractivity contribution in [2.75, 3.05) is 5.43 Å². The Labute approximate surface area is 160 Å². The van der Waals surface area contributed by atoms with Crippen LogP contribution in [-0.2, 0) is 0 Å². The number of nitrogens with zero attached hydrogens (tertiary/aromatic N) is 3. The summed E-state index contributed by atoms with van der Waals surface area (Å²) in [6.45, 7) is 3.89. The van der Waals surface area contributed by atoms with Crippen molar-refractivity contribution >= 4 is 29.1 Å². The molecule has 0 fully saturated rings. The highest BCUT2D eigenvalue weighted by Gasteiger charge is 2.37. The molecule has 0 saturated heterocycles. The maximum absolute atomic E-state index is 13.2. The molecule has 7 heteroatoms. The number of fused-ring (bicyclic) bond motifs is 1. The average Bonchev–Trinajstić information content (AvgIpc) is 3.02. The zero-order valence-electron chi connectivity index (χ0n) is 14.3. The first kappa shape index (κ1) is 17.1. The largest absolute Gasteiger partial charge is 0.313 e. The summed E-state index contributed by atoms with van der Waals surface area (Å²) >= 11 is 7.47. The standard InChI is InChI=1S/C19H17ClN4OS/c1-11-3-5-14(6-4-11)17(25)18-16(13-7-9-15(20)10-8-13)23-24-12(2)21-22-19(24)26-18/h3-10,16,18,23H,1-2H3/t16-,18-/m1/s1. The molecule has 132 valence electrons. The lowest BCUT2D eigenvalue weighted by atomic mass is 9.97. The molecule has 2 aromatic carbocycles. The highest BCUT2D eigenvalue weighted by atomic mass is 35.5. The molecule has 4 rings (SSSR count). The van der Waals surface area contributed by atoms with Crippen LogP contribution in [0.5, 0.6) is 0 Å². The first-order valence-electron chi connectivity index (χ1n) is 8.24. The van der Waals surface area contributed by atoms with Gasteiger partial charge in [0.25, 0.3) is 0 Å². The van der Waals surface area contributed by atoms with Gasteiger partial charge in [0.1, 0.15) is 11.1 Å². The van der Waals surface area contributed by atoms with Crippen LogP contribution in [0.15, 0.2) is 53.7 Å². The van der Waals surface area contributed by atoms with Crippen LogP contribution in [-0.4, -0.2) is 25.9 Å². The van der Waals surface area contributed by atoms with Crippen molar-refractivity contribution in [3.05, 3.63) is 76.1 Å². The van der Waals surface area contributed by atoms with Crippen molar-refractivity contribution in [2.24, 2.45) is 0 Å². The van der Waals surface area contributed by atoms with Crippen molar-refractivity contribution < 1.29 is 4.79 Å². The zero-order valence-corrected chi connectivity index (χ0v) is 15.9. The highest BCUT2D eigenvalue weighted by molar-refractivity contribution is 8.00. The first-order valence-corrected chi connectivity index (χ1v) is 9.50. The second kappa shape index (κ2) is 6.78. The third kappa shape index (κ3) is 3.10. The number of nitrogens with one attached hydrogen (secondary N) is 1. The predicted molar refractivity (Wildman–Crippen MR) is 103 cm³/mol. The van der Waals surface area contributed by atoms with Crippen LogP contribution < -0.4 is 5.43 Å². The van der Waals surface area contributed by atoms with Gasteiger partial charge < -0.3 is 5.43 Å². The van der Waals surface area contributed by atoms with E-state index >= 15 is 0 Å². The van der Waals surface area contributed by atoms with Crippen molar-refractivity contribution in [1.29, 1.82) is 0 Å². The van der Waals surface area contributed by atoms with E-state index in [9.17, 15) is 4.79 Å². The third-order valence-corrected chi connectivity index (χ3v) is 5.89. The van der Waals surface area contributed by atoms with Gasteiger partial charge in [0.15, 0.2) is 5.78 Å². The molecular formula is C19H17ClN4OS. The lowest BCUT2D eigenvalue weighted by molar-refractivity contribution is 0.0980. The van der Waals surface area contributed by atoms with Crippen molar-refractivity contribution in [3.8, 4) is 0 Å². The summed E-state index contributed by atoms with van der Waals surface area (Å²) in [5, 5.41) is 9.30. The van der Waals surface area contributed by atoms with E-state index in [1.54, 1.807) is 0 Å². The number of carbonyl (C=O) groups excluding carboxylic acids is 1. The van der Waals surface area contributed by atoms with Gasteiger partial charge in [-0.25, -0.2) is 4.68 Å². The van der Waals surface area contributed by atoms with Gasteiger partial charge in [-0.3, -0.25) is 4.79 Å². The number of benzene rings is 2. The number of ketones is 1. The van der Waals surface area contributed by atoms with Gasteiger partial charge in [0.05, 0.1) is 6.04 Å². The number of halogens is 1. The van der Waals surface area contributed by atoms with Gasteiger partial charge in [-0.05, 0) is 31.5 Å². The minimum Gasteiger partial charge on any atom is -0.313 e. The van der Waals surface area contributed by atoms with Gasteiger partial charge in [0, 0.05) is 10.6 Å². The summed E-state index contributed by atoms with van der Waals surface area (Å²) in [4.78, 5) is 13.2. The second-order valence-corrected chi connectivity index (χ2v) is 7.84. The quantitative estimate of drug-likeness (QED) is 0.686. The van der Waals surface area contributed by atoms with Gasteiger partial charge in [0.2, 0.25) is 5.16 Å². The Hall–Kier alpha value is -2.31. The summed E-state index contributed by atoms with van der Waals surface area (Å²) < 4.78 is 1.84. The minimum absolute atomic E-state index is 0.0642. The second-order valence-electron chi connectivity index (χ2n) is 6.29. The Morgan fingerprint density at radius 1 is 1.08 bits per heavy atom. The Bertz CT molecular complexity index is 953. The fourth-order valence-electron chi connectivity index (χ4n) is 2.96. The number of rotatable bonds is 3. The maximum Gasteiger partial charge on any atom is 0.210 e. The van der Waals surface area contributed by atoms with E-state index in [0.717, 1.165) is 17.0 Å². The molecule has 2 atom stereocenters. The number of thioether (sulfide) groups is 1. The van der Waals surface area contributed by atoms with Crippen LogP contribution in [0.25, 0.3) is 0 Å². The van der Waals surface area contributed by atoms with Crippen molar-refractivity contribution in [1.82, 2.24) is 14.9 Å². The SMILES string of the molecule is Cc1ccc(C(=O)[C@@H]2Sc3nnc(C)n3N[C@@H]2c2ccc(Cl)cc2)cc1. The van der Waals surface area contributed by atoms with E-state index in [0.29, 0.717) is 15.7 Å². The molecule has 0 spiro atoms. The summed E-state index contributed by atoms with van der Waals surface area (Å²) in [6, 6.07) is 15.0. The first-order chi connectivity index (χ1) is 12.5. The summed E-state index contributed by atoms with van der Waals surface area (Å²) in [5.74, 6) is 0.821. The number of aromatic nitrogens is 3. The highest BCUT2D eigenvalue weighted by Crippen LogP contribution is 2.38. The molecule has 1 aromatic heterocycles. The van der Waals surface area contributed by atoms with Gasteiger partial charge in [-0.15, -0.1) is 10.2 Å². The van der Waals surface area contributed by atoms with Gasteiger partial charge in [-0.2, -0.15) is 0 Å². The van der Waals surface area contributed by atoms with E-state index in [4.69, 9.17) is 11.6 Å². The average molecular weight is 385 g/mol. The molecule has 0 bridgehead atoms. The Morgan fingerprint density at radius 3 is 2.46 bits per heavy atom. The molecule has 0 saturated carbocycles. The number of carbonyl (C=O) groups is 1. The Kier molecular flexibility index (Phi) is 4.46. The van der Waals surface area contributed by atoms with Crippen LogP contribution in [0.4, 0.5) is 0 Å². The molecule has 1 aliphatic heterocycles. The fourth-order valence-corrected chi connectivity index (χ4v) is 4.29. The predicted octanol–water partition coefficient (Wildman–Crippen LogP) is 4.19. The molecule has 26 heavy (non-hydrogen) atoms. The summed E-state index contributed by atoms with van der Waals surface area (Å²) in [6.07, 6.45) is 0. The van der Waals surface area contributed by atoms with E-state index in [1.807, 2.05) is 67.1 Å². The lowest BCUT2D eigenvalue weighted by Crippen LogP contribution is -2.39. The van der Waals surface area contributed by atoms with Crippen LogP contribution in [0.3, 0.4) is 0 Å². The molecule has 2 heterocycles. The number of hydrogen-bond acceptors (Lipinski definition) is 5. The molecule has 0 radical (unpaired) electrons. The molecule has 3 aromatic rings. The Morgan fingerprint density at radius 2 is 1.77 bits per heavy atom. The maximum atomic E-state index is 13.2. The monoisotopic (exact) mass is 384 g/mol. The van der Waals surface area contributed by atoms with E-state index in [-0.39, 0.29) is 17.1 Å². The number of Topliss-reactive ketones (excluding diaryl/α,β-unsaturated/α-hetero) is 1. The van der Waals surface area contributed by atoms with Crippen molar-refractivity contribution in [3.63, 3.8) is 0 Å². The normalized spacial score (nSPS) is 18.9. The van der Waals surface area contributed by atoms with E-state index in [1.165, 1.54) is 11.8 Å². The number of hydrogen-bond donors (Lipinski definition) is 1. The van der Waals surface area contributed by atoms with E-state index in [2.05, 4.69) is 15.6 Å². The molecule has 0 unspecified atom stereocenters. The van der Waals surface area contributed by atoms with Gasteiger partial charge in [-0.1, -0.05) is 65.3 Å². The minimum atomic E-state index is -0.352. The van der Waals surface area contributed by atoms with Crippen molar-refractivity contribution in [2.45, 2.75) is 30.3 Å². The summed E-state index contributed by atoms with van der Waals surface area (Å²) in [5.41, 5.74) is 6.21. The van der Waals surface area contributed by atoms with E-state index < -0.39 is 0 Å². The molecule has 5 nitrogen and oxygen atoms in total. The third-order valence-electron chi connectivity index (χ3n) is 4.42. The topological polar surface area (TPSA) is 59.8 Å². The van der Waals surface area contributed by atoms with Crippen LogP contribution in [0.2, 0.25) is 5.02 Å². The summed E-state index contributed by atoms with van der Waals surface area (Å²) in [7, 11) is 0. The molecule has 1 N–H and O–H groups in total. The molecular weight excluding hydrogens is 368 g/mol. The van der Waals surface area contributed by atoms with Crippen LogP contribution >= 0.6 is 23.4 Å². The molecule has 1 aliphatic rings. The van der Waals surface area contributed by atoms with Crippen LogP contribution in [0, 0.1) is 13.8 Å². The smallest absolute Gasteiger partial charge is 0.210 e. The lowest BCUT2D eigenvalue weighted by Gasteiger charge is -2.32. The van der Waals surface area contributed by atoms with Crippen LogP contribution in [0.1, 0.15) is 33.4 Å². The van der Waals surface area contributed by atoms with Gasteiger partial charge >= 0.3 is 0 Å².